The van der Waals surface area contributed by atoms with Crippen LogP contribution in [0.1, 0.15) is 0 Å². The Kier molecular flexibility index (Phi) is 4.68. The first-order valence-corrected chi connectivity index (χ1v) is 7.86. The van der Waals surface area contributed by atoms with Crippen molar-refractivity contribution in [1.82, 2.24) is 20.2 Å². The molecule has 0 aliphatic heterocycles. The summed E-state index contributed by atoms with van der Waals surface area (Å²) in [5, 5.41) is 15.4. The highest BCUT2D eigenvalue weighted by Crippen LogP contribution is 2.18. The highest BCUT2D eigenvalue weighted by Gasteiger charge is 2.10. The first kappa shape index (κ1) is 15.6. The maximum Gasteiger partial charge on any atom is 0.248 e. The Balaban J connectivity index is 1.68. The van der Waals surface area contributed by atoms with E-state index < -0.39 is 0 Å². The average Bonchev–Trinajstić information content (AvgIpc) is 2.95. The van der Waals surface area contributed by atoms with E-state index in [1.807, 2.05) is 24.3 Å². The predicted octanol–water partition coefficient (Wildman–Crippen LogP) is 3.39. The number of amides is 1. The van der Waals surface area contributed by atoms with Crippen LogP contribution in [0.5, 0.6) is 0 Å². The summed E-state index contributed by atoms with van der Waals surface area (Å²) in [6, 6.07) is 14.5. The number of nitrogens with one attached hydrogen (secondary N) is 1. The van der Waals surface area contributed by atoms with Crippen molar-refractivity contribution in [2.24, 2.45) is 0 Å². The number of nitrogens with zero attached hydrogens (tertiary/aromatic N) is 4. The molecule has 0 saturated heterocycles. The number of carbonyl (C=O) groups is 1. The van der Waals surface area contributed by atoms with Crippen molar-refractivity contribution in [3.63, 3.8) is 0 Å². The van der Waals surface area contributed by atoms with Gasteiger partial charge >= 0.3 is 0 Å². The first-order valence-electron chi connectivity index (χ1n) is 6.69. The van der Waals surface area contributed by atoms with E-state index in [1.54, 1.807) is 24.3 Å². The van der Waals surface area contributed by atoms with E-state index in [-0.39, 0.29) is 12.5 Å². The molecule has 0 bridgehead atoms. The molecule has 0 aliphatic rings. The molecule has 0 saturated carbocycles. The molecule has 3 aromatic rings. The van der Waals surface area contributed by atoms with Crippen LogP contribution in [0.15, 0.2) is 53.0 Å². The number of carbonyl (C=O) groups excluding carboxylic acids is 1. The van der Waals surface area contributed by atoms with E-state index in [9.17, 15) is 4.79 Å². The van der Waals surface area contributed by atoms with Crippen LogP contribution in [-0.4, -0.2) is 26.1 Å². The maximum atomic E-state index is 12.0. The van der Waals surface area contributed by atoms with E-state index in [0.717, 1.165) is 10.0 Å². The van der Waals surface area contributed by atoms with Crippen LogP contribution in [-0.2, 0) is 11.3 Å². The second kappa shape index (κ2) is 6.89. The molecule has 3 rings (SSSR count). The molecule has 1 aromatic heterocycles. The van der Waals surface area contributed by atoms with Crippen LogP contribution in [0.4, 0.5) is 5.69 Å². The Morgan fingerprint density at radius 1 is 1.22 bits per heavy atom. The van der Waals surface area contributed by atoms with Gasteiger partial charge in [0.25, 0.3) is 0 Å². The van der Waals surface area contributed by atoms with Crippen molar-refractivity contribution in [3.8, 4) is 11.4 Å². The fourth-order valence-electron chi connectivity index (χ4n) is 1.95. The molecule has 0 atom stereocenters. The van der Waals surface area contributed by atoms with Gasteiger partial charge in [0.05, 0.1) is 0 Å². The Labute approximate surface area is 145 Å². The molecule has 8 heteroatoms. The van der Waals surface area contributed by atoms with Crippen molar-refractivity contribution >= 4 is 39.1 Å². The average molecular weight is 393 g/mol. The number of anilines is 1. The van der Waals surface area contributed by atoms with Crippen molar-refractivity contribution in [1.29, 1.82) is 0 Å². The van der Waals surface area contributed by atoms with Crippen LogP contribution >= 0.6 is 27.5 Å². The van der Waals surface area contributed by atoms with Gasteiger partial charge in [0.15, 0.2) is 0 Å². The zero-order valence-corrected chi connectivity index (χ0v) is 14.1. The van der Waals surface area contributed by atoms with Crippen molar-refractivity contribution in [2.45, 2.75) is 6.54 Å². The molecule has 1 amide bonds. The number of hydrogen-bond donors (Lipinski definition) is 1. The molecular weight excluding hydrogens is 382 g/mol. The van der Waals surface area contributed by atoms with E-state index in [1.165, 1.54) is 4.80 Å². The van der Waals surface area contributed by atoms with Gasteiger partial charge < -0.3 is 5.32 Å². The summed E-state index contributed by atoms with van der Waals surface area (Å²) in [5.41, 5.74) is 1.44. The van der Waals surface area contributed by atoms with E-state index in [0.29, 0.717) is 16.5 Å². The molecule has 0 radical (unpaired) electrons. The lowest BCUT2D eigenvalue weighted by Crippen LogP contribution is -2.20. The standard InChI is InChI=1S/C15H11BrClN5O/c16-11-4-2-6-13(8-11)18-14(23)9-22-20-15(19-21-22)10-3-1-5-12(17)7-10/h1-8H,9H2,(H,18,23). The molecule has 23 heavy (non-hydrogen) atoms. The number of hydrogen-bond acceptors (Lipinski definition) is 4. The zero-order chi connectivity index (χ0) is 16.2. The largest absolute Gasteiger partial charge is 0.324 e. The van der Waals surface area contributed by atoms with Gasteiger partial charge in [0.1, 0.15) is 6.54 Å². The topological polar surface area (TPSA) is 72.7 Å². The van der Waals surface area contributed by atoms with Crippen molar-refractivity contribution < 1.29 is 4.79 Å². The number of halogens is 2. The van der Waals surface area contributed by atoms with Crippen molar-refractivity contribution in [3.05, 3.63) is 58.0 Å². The minimum Gasteiger partial charge on any atom is -0.324 e. The lowest BCUT2D eigenvalue weighted by Gasteiger charge is -2.04. The molecule has 0 aliphatic carbocycles. The van der Waals surface area contributed by atoms with E-state index >= 15 is 0 Å². The zero-order valence-electron chi connectivity index (χ0n) is 11.8. The molecule has 0 spiro atoms. The molecule has 0 fully saturated rings. The number of benzene rings is 2. The van der Waals surface area contributed by atoms with Gasteiger partial charge in [-0.2, -0.15) is 4.80 Å². The Morgan fingerprint density at radius 3 is 2.83 bits per heavy atom. The normalized spacial score (nSPS) is 10.5. The van der Waals surface area contributed by atoms with Gasteiger partial charge in [0.2, 0.25) is 11.7 Å². The third-order valence-electron chi connectivity index (χ3n) is 2.93. The predicted molar refractivity (Wildman–Crippen MR) is 91.0 cm³/mol. The van der Waals surface area contributed by atoms with E-state index in [2.05, 4.69) is 36.7 Å². The molecule has 1 N–H and O–H groups in total. The van der Waals surface area contributed by atoms with Crippen LogP contribution in [0.3, 0.4) is 0 Å². The monoisotopic (exact) mass is 391 g/mol. The number of rotatable bonds is 4. The van der Waals surface area contributed by atoms with Crippen LogP contribution in [0, 0.1) is 0 Å². The van der Waals surface area contributed by atoms with Gasteiger partial charge in [-0.1, -0.05) is 45.7 Å². The molecule has 2 aromatic carbocycles. The smallest absolute Gasteiger partial charge is 0.248 e. The molecule has 0 unspecified atom stereocenters. The summed E-state index contributed by atoms with van der Waals surface area (Å²) in [5.74, 6) is 0.181. The van der Waals surface area contributed by atoms with E-state index in [4.69, 9.17) is 11.6 Å². The van der Waals surface area contributed by atoms with Gasteiger partial charge in [-0.05, 0) is 35.5 Å². The Hall–Kier alpha value is -2.25. The molecule has 1 heterocycles. The second-order valence-corrected chi connectivity index (χ2v) is 6.06. The molecule has 6 nitrogen and oxygen atoms in total. The van der Waals surface area contributed by atoms with Crippen LogP contribution in [0.2, 0.25) is 5.02 Å². The van der Waals surface area contributed by atoms with Crippen LogP contribution < -0.4 is 5.32 Å². The first-order chi connectivity index (χ1) is 11.1. The lowest BCUT2D eigenvalue weighted by atomic mass is 10.2. The number of aromatic nitrogens is 4. The number of tetrazole rings is 1. The minimum absolute atomic E-state index is 0.0277. The second-order valence-electron chi connectivity index (χ2n) is 4.71. The summed E-state index contributed by atoms with van der Waals surface area (Å²) in [4.78, 5) is 13.3. The maximum absolute atomic E-state index is 12.0. The highest BCUT2D eigenvalue weighted by atomic mass is 79.9. The fourth-order valence-corrected chi connectivity index (χ4v) is 2.54. The summed E-state index contributed by atoms with van der Waals surface area (Å²) >= 11 is 9.29. The Morgan fingerprint density at radius 2 is 2.04 bits per heavy atom. The van der Waals surface area contributed by atoms with Gasteiger partial charge in [-0.25, -0.2) is 0 Å². The van der Waals surface area contributed by atoms with Crippen LogP contribution in [0.25, 0.3) is 11.4 Å². The Bertz CT molecular complexity index is 851. The third kappa shape index (κ3) is 4.14. The summed E-state index contributed by atoms with van der Waals surface area (Å²) in [6.45, 7) is -0.0277. The highest BCUT2D eigenvalue weighted by molar-refractivity contribution is 9.10. The van der Waals surface area contributed by atoms with Gasteiger partial charge in [-0.3, -0.25) is 4.79 Å². The van der Waals surface area contributed by atoms with Gasteiger partial charge in [0, 0.05) is 20.7 Å². The van der Waals surface area contributed by atoms with Crippen molar-refractivity contribution in [2.75, 3.05) is 5.32 Å². The minimum atomic E-state index is -0.238. The summed E-state index contributed by atoms with van der Waals surface area (Å²) in [6.07, 6.45) is 0. The molecular formula is C15H11BrClN5O. The summed E-state index contributed by atoms with van der Waals surface area (Å²) in [7, 11) is 0. The quantitative estimate of drug-likeness (QED) is 0.738. The molecule has 116 valence electrons. The van der Waals surface area contributed by atoms with Gasteiger partial charge in [-0.15, -0.1) is 10.2 Å². The SMILES string of the molecule is O=C(Cn1nnc(-c2cccc(Cl)c2)n1)Nc1cccc(Br)c1. The fraction of sp³-hybridized carbons (Fsp3) is 0.0667. The summed E-state index contributed by atoms with van der Waals surface area (Å²) < 4.78 is 0.887. The lowest BCUT2D eigenvalue weighted by molar-refractivity contribution is -0.117. The third-order valence-corrected chi connectivity index (χ3v) is 3.66.